The molecule has 0 bridgehead atoms. The Hall–Kier alpha value is -2.51. The molecule has 2 aliphatic heterocycles. The molecule has 0 fully saturated rings. The molecule has 0 spiro atoms. The SMILES string of the molecule is C=C(CCCC1CC=CCO1)CC(O)CCCC(OC(=O)c1ccccc1C)C(O)/C=C/C1CC(C)=CCO1. The van der Waals surface area contributed by atoms with Crippen LogP contribution in [0, 0.1) is 6.92 Å². The van der Waals surface area contributed by atoms with Gasteiger partial charge in [0.15, 0.2) is 0 Å². The van der Waals surface area contributed by atoms with Gasteiger partial charge in [0.05, 0.1) is 37.1 Å². The summed E-state index contributed by atoms with van der Waals surface area (Å²) < 4.78 is 17.2. The number of rotatable bonds is 15. The third kappa shape index (κ3) is 11.2. The van der Waals surface area contributed by atoms with Crippen LogP contribution in [-0.2, 0) is 14.2 Å². The van der Waals surface area contributed by atoms with Crippen molar-refractivity contribution in [3.05, 3.63) is 83.5 Å². The van der Waals surface area contributed by atoms with Gasteiger partial charge in [0.2, 0.25) is 0 Å². The Morgan fingerprint density at radius 1 is 1.13 bits per heavy atom. The highest BCUT2D eigenvalue weighted by Crippen LogP contribution is 2.22. The smallest absolute Gasteiger partial charge is 0.338 e. The zero-order valence-corrected chi connectivity index (χ0v) is 23.6. The molecule has 2 aliphatic rings. The number of carbonyl (C=O) groups is 1. The fourth-order valence-corrected chi connectivity index (χ4v) is 5.01. The van der Waals surface area contributed by atoms with Crippen molar-refractivity contribution in [2.75, 3.05) is 13.2 Å². The summed E-state index contributed by atoms with van der Waals surface area (Å²) >= 11 is 0. The Morgan fingerprint density at radius 2 is 1.95 bits per heavy atom. The van der Waals surface area contributed by atoms with E-state index in [1.165, 1.54) is 5.57 Å². The first-order valence-electron chi connectivity index (χ1n) is 14.3. The molecule has 3 rings (SSSR count). The van der Waals surface area contributed by atoms with E-state index < -0.39 is 24.3 Å². The van der Waals surface area contributed by atoms with Crippen molar-refractivity contribution in [1.29, 1.82) is 0 Å². The van der Waals surface area contributed by atoms with Crippen molar-refractivity contribution < 1.29 is 29.2 Å². The molecule has 6 nitrogen and oxygen atoms in total. The van der Waals surface area contributed by atoms with E-state index in [1.54, 1.807) is 18.2 Å². The number of benzene rings is 1. The van der Waals surface area contributed by atoms with Gasteiger partial charge in [-0.2, -0.15) is 0 Å². The van der Waals surface area contributed by atoms with Crippen LogP contribution in [0.25, 0.3) is 0 Å². The summed E-state index contributed by atoms with van der Waals surface area (Å²) in [4.78, 5) is 12.9. The van der Waals surface area contributed by atoms with E-state index in [4.69, 9.17) is 14.2 Å². The van der Waals surface area contributed by atoms with Crippen molar-refractivity contribution in [2.45, 2.75) is 102 Å². The van der Waals surface area contributed by atoms with E-state index in [0.717, 1.165) is 43.2 Å². The van der Waals surface area contributed by atoms with Gasteiger partial charge in [-0.1, -0.05) is 66.3 Å². The molecule has 6 heteroatoms. The lowest BCUT2D eigenvalue weighted by atomic mass is 9.97. The van der Waals surface area contributed by atoms with Gasteiger partial charge in [-0.05, 0) is 83.3 Å². The van der Waals surface area contributed by atoms with Crippen LogP contribution in [0.2, 0.25) is 0 Å². The van der Waals surface area contributed by atoms with Crippen molar-refractivity contribution >= 4 is 5.97 Å². The second-order valence-electron chi connectivity index (χ2n) is 10.9. The third-order valence-corrected chi connectivity index (χ3v) is 7.39. The summed E-state index contributed by atoms with van der Waals surface area (Å²) in [6.45, 7) is 9.33. The minimum atomic E-state index is -0.975. The maximum atomic E-state index is 12.9. The molecule has 5 atom stereocenters. The Labute approximate surface area is 234 Å². The number of esters is 1. The summed E-state index contributed by atoms with van der Waals surface area (Å²) in [5.41, 5.74) is 3.60. The largest absolute Gasteiger partial charge is 0.456 e. The van der Waals surface area contributed by atoms with E-state index in [2.05, 4.69) is 31.7 Å². The van der Waals surface area contributed by atoms with Crippen LogP contribution in [0.15, 0.2) is 72.4 Å². The first-order valence-corrected chi connectivity index (χ1v) is 14.3. The lowest BCUT2D eigenvalue weighted by molar-refractivity contribution is -0.00908. The predicted octanol–water partition coefficient (Wildman–Crippen LogP) is 6.17. The van der Waals surface area contributed by atoms with Crippen LogP contribution in [0.4, 0.5) is 0 Å². The molecule has 1 aromatic carbocycles. The first kappa shape index (κ1) is 31.0. The van der Waals surface area contributed by atoms with Crippen LogP contribution in [0.3, 0.4) is 0 Å². The zero-order valence-electron chi connectivity index (χ0n) is 23.6. The molecule has 0 saturated carbocycles. The predicted molar refractivity (Wildman–Crippen MR) is 155 cm³/mol. The van der Waals surface area contributed by atoms with Crippen LogP contribution < -0.4 is 0 Å². The maximum Gasteiger partial charge on any atom is 0.338 e. The highest BCUT2D eigenvalue weighted by Gasteiger charge is 2.24. The van der Waals surface area contributed by atoms with E-state index in [0.29, 0.717) is 44.5 Å². The number of aliphatic hydroxyl groups is 2. The Balaban J connectivity index is 1.48. The average molecular weight is 539 g/mol. The molecule has 214 valence electrons. The molecule has 0 aromatic heterocycles. The second kappa shape index (κ2) is 16.6. The molecule has 0 radical (unpaired) electrons. The first-order chi connectivity index (χ1) is 18.8. The summed E-state index contributed by atoms with van der Waals surface area (Å²) in [6, 6.07) is 7.26. The van der Waals surface area contributed by atoms with Gasteiger partial charge >= 0.3 is 5.97 Å². The molecular weight excluding hydrogens is 492 g/mol. The standard InChI is InChI=1S/C33H46O6/c1-24(10-8-14-28-13-6-7-20-37-28)22-27(34)12-9-16-32(39-33(36)30-15-5-4-11-26(30)3)31(35)18-17-29-23-25(2)19-21-38-29/h4-7,11,15,17-19,27-29,31-32,34-35H,1,8-10,12-14,16,20-23H2,2-3H3/b18-17+. The van der Waals surface area contributed by atoms with Gasteiger partial charge in [0.25, 0.3) is 0 Å². The summed E-state index contributed by atoms with van der Waals surface area (Å²) in [5.74, 6) is -0.454. The van der Waals surface area contributed by atoms with E-state index in [1.807, 2.05) is 25.1 Å². The van der Waals surface area contributed by atoms with Gasteiger partial charge in [-0.25, -0.2) is 4.79 Å². The molecule has 0 saturated heterocycles. The molecule has 39 heavy (non-hydrogen) atoms. The molecule has 1 aromatic rings. The van der Waals surface area contributed by atoms with Gasteiger partial charge in [-0.3, -0.25) is 0 Å². The summed E-state index contributed by atoms with van der Waals surface area (Å²) in [6.07, 6.45) is 14.5. The topological polar surface area (TPSA) is 85.2 Å². The Kier molecular flexibility index (Phi) is 13.2. The van der Waals surface area contributed by atoms with Crippen LogP contribution in [0.1, 0.15) is 80.6 Å². The number of carbonyl (C=O) groups excluding carboxylic acids is 1. The minimum absolute atomic E-state index is 0.105. The monoisotopic (exact) mass is 538 g/mol. The summed E-state index contributed by atoms with van der Waals surface area (Å²) in [5, 5.41) is 21.6. The molecule has 0 aliphatic carbocycles. The number of hydrogen-bond acceptors (Lipinski definition) is 6. The third-order valence-electron chi connectivity index (χ3n) is 7.39. The van der Waals surface area contributed by atoms with Crippen molar-refractivity contribution in [2.24, 2.45) is 0 Å². The number of ether oxygens (including phenoxy) is 3. The van der Waals surface area contributed by atoms with Gasteiger partial charge in [0.1, 0.15) is 12.2 Å². The highest BCUT2D eigenvalue weighted by atomic mass is 16.6. The van der Waals surface area contributed by atoms with Gasteiger partial charge < -0.3 is 24.4 Å². The lowest BCUT2D eigenvalue weighted by Gasteiger charge is -2.24. The Morgan fingerprint density at radius 3 is 2.69 bits per heavy atom. The van der Waals surface area contributed by atoms with Crippen molar-refractivity contribution in [3.8, 4) is 0 Å². The molecule has 5 unspecified atom stereocenters. The quantitative estimate of drug-likeness (QED) is 0.205. The molecule has 2 N–H and O–H groups in total. The maximum absolute atomic E-state index is 12.9. The average Bonchev–Trinajstić information content (AvgIpc) is 2.92. The van der Waals surface area contributed by atoms with Crippen LogP contribution in [-0.4, -0.2) is 59.9 Å². The van der Waals surface area contributed by atoms with Crippen LogP contribution >= 0.6 is 0 Å². The number of aryl methyl sites for hydroxylation is 1. The number of aliphatic hydroxyl groups excluding tert-OH is 2. The molecule has 2 heterocycles. The zero-order chi connectivity index (χ0) is 28.0. The van der Waals surface area contributed by atoms with Gasteiger partial charge in [-0.15, -0.1) is 0 Å². The van der Waals surface area contributed by atoms with Gasteiger partial charge in [0, 0.05) is 0 Å². The van der Waals surface area contributed by atoms with E-state index in [9.17, 15) is 15.0 Å². The van der Waals surface area contributed by atoms with Crippen molar-refractivity contribution in [1.82, 2.24) is 0 Å². The normalized spacial score (nSPS) is 21.8. The van der Waals surface area contributed by atoms with Crippen LogP contribution in [0.5, 0.6) is 0 Å². The molecule has 0 amide bonds. The highest BCUT2D eigenvalue weighted by molar-refractivity contribution is 5.91. The second-order valence-corrected chi connectivity index (χ2v) is 10.9. The van der Waals surface area contributed by atoms with Crippen molar-refractivity contribution in [3.63, 3.8) is 0 Å². The fraction of sp³-hybridized carbons (Fsp3) is 0.545. The minimum Gasteiger partial charge on any atom is -0.456 e. The molecular formula is C33H46O6. The summed E-state index contributed by atoms with van der Waals surface area (Å²) in [7, 11) is 0. The fourth-order valence-electron chi connectivity index (χ4n) is 5.01. The Bertz CT molecular complexity index is 1010. The lowest BCUT2D eigenvalue weighted by Crippen LogP contribution is -2.31. The number of hydrogen-bond donors (Lipinski definition) is 2. The van der Waals surface area contributed by atoms with E-state index in [-0.39, 0.29) is 12.2 Å². The van der Waals surface area contributed by atoms with E-state index >= 15 is 0 Å².